The van der Waals surface area contributed by atoms with Gasteiger partial charge in [0.05, 0.1) is 24.1 Å². The van der Waals surface area contributed by atoms with Gasteiger partial charge in [-0.2, -0.15) is 0 Å². The summed E-state index contributed by atoms with van der Waals surface area (Å²) in [5, 5.41) is 34.2. The minimum Gasteiger partial charge on any atom is -0.383 e. The van der Waals surface area contributed by atoms with Gasteiger partial charge in [0.25, 0.3) is 5.91 Å². The monoisotopic (exact) mass is 645 g/mol. The summed E-state index contributed by atoms with van der Waals surface area (Å²) in [4.78, 5) is 47.3. The number of carbonyl (C=O) groups is 2. The zero-order chi connectivity index (χ0) is 32.3. The predicted molar refractivity (Wildman–Crippen MR) is 149 cm³/mol. The van der Waals surface area contributed by atoms with Crippen LogP contribution < -0.4 is 22.3 Å². The van der Waals surface area contributed by atoms with Gasteiger partial charge in [-0.15, -0.1) is 0 Å². The summed E-state index contributed by atoms with van der Waals surface area (Å²) in [6.07, 6.45) is -2.87. The van der Waals surface area contributed by atoms with E-state index in [1.807, 2.05) is 0 Å². The molecule has 10 N–H and O–H groups in total. The van der Waals surface area contributed by atoms with Crippen LogP contribution in [0.5, 0.6) is 0 Å². The van der Waals surface area contributed by atoms with Crippen molar-refractivity contribution < 1.29 is 57.7 Å². The molecule has 1 fully saturated rings. The van der Waals surface area contributed by atoms with Gasteiger partial charge in [0.2, 0.25) is 0 Å². The molecule has 0 radical (unpaired) electrons. The maximum atomic E-state index is 12.2. The smallest absolute Gasteiger partial charge is 0.383 e. The molecule has 244 valence electrons. The number of ether oxygens (including phenoxy) is 2. The van der Waals surface area contributed by atoms with Crippen LogP contribution in [-0.2, 0) is 37.5 Å². The Bertz CT molecular complexity index is 1380. The van der Waals surface area contributed by atoms with Crippen LogP contribution in [0.15, 0.2) is 12.5 Å². The first-order valence-electron chi connectivity index (χ1n) is 13.3. The van der Waals surface area contributed by atoms with E-state index in [2.05, 4.69) is 41.7 Å². The average molecular weight is 646 g/mol. The number of Topliss-reactive ketones (excluding diaryl/α,β-unsaturated/α-hetero) is 1. The lowest BCUT2D eigenvalue weighted by molar-refractivity contribution is -0.144. The number of aromatic nitrogens is 3. The molecule has 19 nitrogen and oxygen atoms in total. The van der Waals surface area contributed by atoms with Crippen molar-refractivity contribution in [2.75, 3.05) is 46.1 Å². The van der Waals surface area contributed by atoms with E-state index in [4.69, 9.17) is 30.8 Å². The van der Waals surface area contributed by atoms with E-state index in [0.717, 1.165) is 0 Å². The molecule has 20 heteroatoms. The van der Waals surface area contributed by atoms with Gasteiger partial charge >= 0.3 is 7.82 Å². The molecule has 1 aliphatic heterocycles. The maximum absolute atomic E-state index is 12.2. The summed E-state index contributed by atoms with van der Waals surface area (Å²) < 4.78 is 33.5. The van der Waals surface area contributed by atoms with Crippen LogP contribution in [0.4, 0.5) is 5.82 Å². The lowest BCUT2D eigenvalue weighted by atomic mass is 10.0. The van der Waals surface area contributed by atoms with E-state index in [1.54, 1.807) is 17.8 Å². The highest BCUT2D eigenvalue weighted by Crippen LogP contribution is 2.44. The summed E-state index contributed by atoms with van der Waals surface area (Å²) in [5.74, 6) is 9.44. The van der Waals surface area contributed by atoms with Crippen molar-refractivity contribution in [1.29, 1.82) is 0 Å². The summed E-state index contributed by atoms with van der Waals surface area (Å²) in [5.41, 5.74) is 6.78. The Morgan fingerprint density at radius 3 is 2.77 bits per heavy atom. The van der Waals surface area contributed by atoms with E-state index in [9.17, 15) is 29.3 Å². The highest BCUT2D eigenvalue weighted by Gasteiger charge is 2.40. The number of fused-ring (bicyclic) bond motifs is 1. The molecule has 2 aromatic rings. The predicted octanol–water partition coefficient (Wildman–Crippen LogP) is -2.62. The molecule has 3 rings (SSSR count). The molecule has 3 heterocycles. The third-order valence-electron chi connectivity index (χ3n) is 6.42. The molecule has 2 aromatic heterocycles. The van der Waals surface area contributed by atoms with Gasteiger partial charge in [-0.1, -0.05) is 11.8 Å². The molecule has 0 aromatic carbocycles. The number of nitrogens with two attached hydrogens (primary N) is 2. The molecule has 44 heavy (non-hydrogen) atoms. The minimum absolute atomic E-state index is 0.00610. The molecule has 0 spiro atoms. The standard InChI is InChI=1S/C24H36N7O12P/c1-27-6-3-5-15(33)20(34)21(35)24(36)28-7-2-4-14-9-31(23-19(14)22(25)29-11-30-23)18-8-16(43-26)17(42-18)10-40-44(37,38)41-13-39-12-32/h9,11,16-18,20-21,27,32,34-35H,3,5-8,10,12-13,26H2,1H3,(H,28,36)(H,37,38)(H2,25,29,30)/t16?,17-,18-,20?,21?/m1/s1. The van der Waals surface area contributed by atoms with E-state index >= 15 is 0 Å². The lowest BCUT2D eigenvalue weighted by Gasteiger charge is -2.19. The normalized spacial score (nSPS) is 20.9. The first-order valence-corrected chi connectivity index (χ1v) is 14.7. The molecule has 6 atom stereocenters. The SMILES string of the molecule is CNCCCC(=O)C(O)C(O)C(=O)NCC#Cc1cn([C@H]2CC(ON)[C@@H](COP(=O)(O)OCOCO)O2)c2ncnc(N)c12. The molecule has 1 aliphatic rings. The number of hydrogen-bond acceptors (Lipinski definition) is 16. The number of hydrogen-bond donors (Lipinski definition) is 8. The van der Waals surface area contributed by atoms with Gasteiger partial charge < -0.3 is 50.6 Å². The van der Waals surface area contributed by atoms with E-state index in [0.29, 0.717) is 29.6 Å². The van der Waals surface area contributed by atoms with Crippen molar-refractivity contribution in [3.8, 4) is 11.8 Å². The largest absolute Gasteiger partial charge is 0.474 e. The Morgan fingerprint density at radius 2 is 2.07 bits per heavy atom. The number of nitrogen functional groups attached to an aromatic ring is 1. The average Bonchev–Trinajstić information content (AvgIpc) is 3.59. The Labute approximate surface area is 251 Å². The van der Waals surface area contributed by atoms with Gasteiger partial charge in [-0.05, 0) is 20.0 Å². The summed E-state index contributed by atoms with van der Waals surface area (Å²) >= 11 is 0. The van der Waals surface area contributed by atoms with Crippen LogP contribution in [0.1, 0.15) is 31.1 Å². The van der Waals surface area contributed by atoms with Crippen LogP contribution in [0.25, 0.3) is 11.0 Å². The molecule has 4 unspecified atom stereocenters. The molecule has 1 amide bonds. The number of phosphoric acid groups is 1. The van der Waals surface area contributed by atoms with Gasteiger partial charge in [0.1, 0.15) is 49.1 Å². The Morgan fingerprint density at radius 1 is 1.30 bits per heavy atom. The number of aliphatic hydroxyl groups excluding tert-OH is 3. The van der Waals surface area contributed by atoms with Crippen molar-refractivity contribution in [1.82, 2.24) is 25.2 Å². The van der Waals surface area contributed by atoms with Crippen molar-refractivity contribution in [3.05, 3.63) is 18.1 Å². The molecular formula is C24H36N7O12P. The quantitative estimate of drug-likeness (QED) is 0.0287. The topological polar surface area (TPSA) is 285 Å². The fourth-order valence-corrected chi connectivity index (χ4v) is 4.83. The van der Waals surface area contributed by atoms with Gasteiger partial charge in [-0.25, -0.2) is 20.4 Å². The van der Waals surface area contributed by atoms with Crippen LogP contribution in [0.2, 0.25) is 0 Å². The molecule has 0 aliphatic carbocycles. The number of rotatable bonds is 17. The number of phosphoric ester groups is 1. The van der Waals surface area contributed by atoms with Crippen molar-refractivity contribution in [2.24, 2.45) is 5.90 Å². The van der Waals surface area contributed by atoms with E-state index in [-0.39, 0.29) is 25.2 Å². The fraction of sp³-hybridized carbons (Fsp3) is 0.583. The number of aliphatic hydroxyl groups is 3. The van der Waals surface area contributed by atoms with Crippen molar-refractivity contribution >= 4 is 36.4 Å². The number of carbonyl (C=O) groups excluding carboxylic acids is 2. The third kappa shape index (κ3) is 9.45. The number of anilines is 1. The second kappa shape index (κ2) is 16.8. The second-order valence-corrected chi connectivity index (χ2v) is 10.8. The molecule has 0 bridgehead atoms. The number of nitrogens with one attached hydrogen (secondary N) is 2. The third-order valence-corrected chi connectivity index (χ3v) is 7.33. The first kappa shape index (κ1) is 35.4. The number of nitrogens with zero attached hydrogens (tertiary/aromatic N) is 3. The minimum atomic E-state index is -4.54. The second-order valence-electron chi connectivity index (χ2n) is 9.37. The van der Waals surface area contributed by atoms with E-state index < -0.39 is 70.3 Å². The molecule has 0 saturated carbocycles. The Balaban J connectivity index is 1.68. The van der Waals surface area contributed by atoms with Gasteiger partial charge in [0, 0.05) is 19.0 Å². The van der Waals surface area contributed by atoms with Crippen molar-refractivity contribution in [3.63, 3.8) is 0 Å². The number of ketones is 1. The summed E-state index contributed by atoms with van der Waals surface area (Å²) in [7, 11) is -2.84. The molecular weight excluding hydrogens is 609 g/mol. The lowest BCUT2D eigenvalue weighted by Crippen LogP contribution is -2.45. The van der Waals surface area contributed by atoms with Crippen LogP contribution in [0, 0.1) is 11.8 Å². The van der Waals surface area contributed by atoms with Gasteiger partial charge in [-0.3, -0.25) is 23.5 Å². The van der Waals surface area contributed by atoms with Crippen molar-refractivity contribution in [2.45, 2.75) is 49.9 Å². The van der Waals surface area contributed by atoms with Crippen LogP contribution >= 0.6 is 7.82 Å². The summed E-state index contributed by atoms with van der Waals surface area (Å²) in [6, 6.07) is 0. The zero-order valence-electron chi connectivity index (χ0n) is 23.7. The first-order chi connectivity index (χ1) is 21.0. The number of amides is 1. The fourth-order valence-electron chi connectivity index (χ4n) is 4.22. The highest BCUT2D eigenvalue weighted by atomic mass is 31.2. The molecule has 1 saturated heterocycles. The Kier molecular flexibility index (Phi) is 13.5. The van der Waals surface area contributed by atoms with Crippen LogP contribution in [0.3, 0.4) is 0 Å². The van der Waals surface area contributed by atoms with Gasteiger partial charge in [0.15, 0.2) is 18.7 Å². The van der Waals surface area contributed by atoms with Crippen LogP contribution in [-0.4, -0.2) is 111 Å². The zero-order valence-corrected chi connectivity index (χ0v) is 24.6. The highest BCUT2D eigenvalue weighted by molar-refractivity contribution is 7.47. The summed E-state index contributed by atoms with van der Waals surface area (Å²) in [6.45, 7) is -1.55. The van der Waals surface area contributed by atoms with E-state index in [1.165, 1.54) is 6.33 Å². The maximum Gasteiger partial charge on any atom is 0.474 e. The Hall–Kier alpha value is -3.09.